The molecule has 0 bridgehead atoms. The molecule has 1 atom stereocenters. The second-order valence-corrected chi connectivity index (χ2v) is 6.80. The van der Waals surface area contributed by atoms with Crippen molar-refractivity contribution in [1.82, 2.24) is 0 Å². The molecule has 1 aromatic rings. The van der Waals surface area contributed by atoms with Crippen LogP contribution < -0.4 is 0 Å². The van der Waals surface area contributed by atoms with Crippen LogP contribution in [0, 0.1) is 0 Å². The molecular formula is C9H12O6SSi. The molecule has 0 spiro atoms. The molecule has 4 N–H and O–H groups in total. The lowest BCUT2D eigenvalue weighted by molar-refractivity contribution is 0.219. The van der Waals surface area contributed by atoms with Crippen molar-refractivity contribution < 1.29 is 27.4 Å². The van der Waals surface area contributed by atoms with Gasteiger partial charge in [-0.1, -0.05) is 24.3 Å². The van der Waals surface area contributed by atoms with Gasteiger partial charge in [-0.15, -0.1) is 6.58 Å². The van der Waals surface area contributed by atoms with Gasteiger partial charge >= 0.3 is 8.80 Å². The van der Waals surface area contributed by atoms with Crippen molar-refractivity contribution in [1.29, 1.82) is 0 Å². The highest BCUT2D eigenvalue weighted by Crippen LogP contribution is 2.28. The Bertz CT molecular complexity index is 519. The van der Waals surface area contributed by atoms with Gasteiger partial charge < -0.3 is 14.4 Å². The van der Waals surface area contributed by atoms with E-state index in [1.54, 1.807) is 0 Å². The van der Waals surface area contributed by atoms with E-state index in [1.807, 2.05) is 0 Å². The molecule has 0 radical (unpaired) electrons. The van der Waals surface area contributed by atoms with Gasteiger partial charge in [-0.05, 0) is 11.6 Å². The van der Waals surface area contributed by atoms with Crippen molar-refractivity contribution in [2.45, 2.75) is 10.4 Å². The van der Waals surface area contributed by atoms with Crippen LogP contribution in [0.1, 0.15) is 11.1 Å². The summed E-state index contributed by atoms with van der Waals surface area (Å²) in [6, 6.07) is 5.17. The smallest absolute Gasteiger partial charge is 0.389 e. The zero-order valence-corrected chi connectivity index (χ0v) is 10.5. The minimum atomic E-state index is -4.63. The molecule has 1 aromatic carbocycles. The predicted molar refractivity (Wildman–Crippen MR) is 61.6 cm³/mol. The van der Waals surface area contributed by atoms with Gasteiger partial charge in [-0.25, -0.2) is 0 Å². The Labute approximate surface area is 99.6 Å². The van der Waals surface area contributed by atoms with Crippen LogP contribution in [0.4, 0.5) is 0 Å². The predicted octanol–water partition coefficient (Wildman–Crippen LogP) is -0.342. The molecule has 0 amide bonds. The average Bonchev–Trinajstić information content (AvgIpc) is 2.15. The fraction of sp³-hybridized carbons (Fsp3) is 0.111. The van der Waals surface area contributed by atoms with Crippen molar-refractivity contribution in [3.63, 3.8) is 0 Å². The molecule has 17 heavy (non-hydrogen) atoms. The molecule has 1 unspecified atom stereocenters. The summed E-state index contributed by atoms with van der Waals surface area (Å²) < 4.78 is 31.2. The zero-order valence-electron chi connectivity index (χ0n) is 8.68. The van der Waals surface area contributed by atoms with Gasteiger partial charge in [0.05, 0.1) is 10.4 Å². The van der Waals surface area contributed by atoms with Gasteiger partial charge in [0.25, 0.3) is 10.1 Å². The van der Waals surface area contributed by atoms with E-state index in [4.69, 9.17) is 4.55 Å². The second kappa shape index (κ2) is 4.68. The van der Waals surface area contributed by atoms with Crippen LogP contribution in [0.15, 0.2) is 41.8 Å². The third-order valence-electron chi connectivity index (χ3n) is 2.18. The average molecular weight is 276 g/mol. The number of hydrogen-bond donors (Lipinski definition) is 4. The maximum Gasteiger partial charge on any atom is 0.504 e. The largest absolute Gasteiger partial charge is 0.504 e. The van der Waals surface area contributed by atoms with E-state index in [0.717, 1.165) is 12.1 Å². The highest BCUT2D eigenvalue weighted by atomic mass is 32.2. The number of rotatable bonds is 4. The summed E-state index contributed by atoms with van der Waals surface area (Å²) in [6.45, 7) is 3.31. The molecule has 0 aliphatic rings. The molecule has 0 saturated heterocycles. The zero-order chi connectivity index (χ0) is 13.3. The van der Waals surface area contributed by atoms with Crippen LogP contribution in [-0.2, 0) is 10.1 Å². The van der Waals surface area contributed by atoms with E-state index in [2.05, 4.69) is 6.58 Å². The minimum Gasteiger partial charge on any atom is -0.389 e. The Morgan fingerprint density at radius 2 is 1.76 bits per heavy atom. The molecule has 0 saturated carbocycles. The Balaban J connectivity index is 3.46. The normalized spacial score (nSPS) is 14.4. The number of hydrogen-bond acceptors (Lipinski definition) is 5. The van der Waals surface area contributed by atoms with Crippen molar-refractivity contribution in [2.24, 2.45) is 0 Å². The van der Waals surface area contributed by atoms with Crippen LogP contribution >= 0.6 is 0 Å². The van der Waals surface area contributed by atoms with Crippen molar-refractivity contribution >= 4 is 18.9 Å². The molecule has 0 aliphatic heterocycles. The van der Waals surface area contributed by atoms with E-state index < -0.39 is 29.4 Å². The quantitative estimate of drug-likeness (QED) is 0.340. The van der Waals surface area contributed by atoms with Gasteiger partial charge in [0, 0.05) is 0 Å². The van der Waals surface area contributed by atoms with Crippen LogP contribution in [0.5, 0.6) is 0 Å². The SMILES string of the molecule is C=CC(c1ccccc1S(=O)(=O)O)[Si](O)(O)O. The Morgan fingerprint density at radius 3 is 2.18 bits per heavy atom. The van der Waals surface area contributed by atoms with Crippen molar-refractivity contribution in [2.75, 3.05) is 0 Å². The first-order valence-electron chi connectivity index (χ1n) is 4.54. The van der Waals surface area contributed by atoms with Crippen LogP contribution in [0.2, 0.25) is 0 Å². The Kier molecular flexibility index (Phi) is 3.87. The van der Waals surface area contributed by atoms with E-state index in [0.29, 0.717) is 0 Å². The summed E-state index contributed by atoms with van der Waals surface area (Å²) in [5.74, 6) is 0. The Hall–Kier alpha value is -1.03. The third kappa shape index (κ3) is 3.22. The highest BCUT2D eigenvalue weighted by molar-refractivity contribution is 7.85. The maximum absolute atomic E-state index is 11.1. The molecule has 0 aliphatic carbocycles. The van der Waals surface area contributed by atoms with E-state index >= 15 is 0 Å². The van der Waals surface area contributed by atoms with Crippen molar-refractivity contribution in [3.05, 3.63) is 42.5 Å². The number of benzene rings is 1. The lowest BCUT2D eigenvalue weighted by Crippen LogP contribution is -2.42. The highest BCUT2D eigenvalue weighted by Gasteiger charge is 2.40. The lowest BCUT2D eigenvalue weighted by Gasteiger charge is -2.20. The first-order valence-corrected chi connectivity index (χ1v) is 7.90. The molecule has 0 fully saturated rings. The van der Waals surface area contributed by atoms with E-state index in [-0.39, 0.29) is 5.56 Å². The van der Waals surface area contributed by atoms with Gasteiger partial charge in [0.2, 0.25) is 0 Å². The summed E-state index contributed by atoms with van der Waals surface area (Å²) in [4.78, 5) is 27.2. The Morgan fingerprint density at radius 1 is 1.24 bits per heavy atom. The summed E-state index contributed by atoms with van der Waals surface area (Å²) in [6.07, 6.45) is 1.02. The van der Waals surface area contributed by atoms with Gasteiger partial charge in [0.1, 0.15) is 0 Å². The molecule has 94 valence electrons. The van der Waals surface area contributed by atoms with Crippen molar-refractivity contribution in [3.8, 4) is 0 Å². The fourth-order valence-electron chi connectivity index (χ4n) is 1.47. The monoisotopic (exact) mass is 276 g/mol. The standard InChI is InChI=1S/C9H12O6SSi/c1-2-9(17(13,14)15)7-5-3-4-6-8(7)16(10,11)12/h2-6,9,13-15H,1H2,(H,10,11,12). The maximum atomic E-state index is 11.1. The third-order valence-corrected chi connectivity index (χ3v) is 4.49. The van der Waals surface area contributed by atoms with Gasteiger partial charge in [-0.3, -0.25) is 4.55 Å². The van der Waals surface area contributed by atoms with Gasteiger partial charge in [-0.2, -0.15) is 8.42 Å². The summed E-state index contributed by atoms with van der Waals surface area (Å²) in [7, 11) is -9.14. The van der Waals surface area contributed by atoms with E-state index in [1.165, 1.54) is 18.2 Å². The lowest BCUT2D eigenvalue weighted by atomic mass is 10.1. The molecule has 1 rings (SSSR count). The second-order valence-electron chi connectivity index (χ2n) is 3.41. The van der Waals surface area contributed by atoms with Crippen LogP contribution in [0.25, 0.3) is 0 Å². The minimum absolute atomic E-state index is 0.107. The first-order chi connectivity index (χ1) is 7.68. The fourth-order valence-corrected chi connectivity index (χ4v) is 3.30. The van der Waals surface area contributed by atoms with E-state index in [9.17, 15) is 22.8 Å². The van der Waals surface area contributed by atoms with Crippen LogP contribution in [0.3, 0.4) is 0 Å². The summed E-state index contributed by atoms with van der Waals surface area (Å²) in [5, 5.41) is 0. The van der Waals surface area contributed by atoms with Gasteiger partial charge in [0.15, 0.2) is 0 Å². The topological polar surface area (TPSA) is 115 Å². The molecular weight excluding hydrogens is 264 g/mol. The molecule has 6 nitrogen and oxygen atoms in total. The summed E-state index contributed by atoms with van der Waals surface area (Å²) in [5.41, 5.74) is -1.44. The first kappa shape index (κ1) is 14.0. The molecule has 0 aromatic heterocycles. The number of allylic oxidation sites excluding steroid dienone is 1. The molecule has 0 heterocycles. The summed E-state index contributed by atoms with van der Waals surface area (Å²) >= 11 is 0. The molecule has 8 heteroatoms. The van der Waals surface area contributed by atoms with Crippen LogP contribution in [-0.4, -0.2) is 36.2 Å².